The molecule has 5 heteroatoms. The minimum atomic E-state index is 0. The highest BCUT2D eigenvalue weighted by Crippen LogP contribution is 2.27. The van der Waals surface area contributed by atoms with E-state index in [-0.39, 0.29) is 30.0 Å². The lowest BCUT2D eigenvalue weighted by atomic mass is 9.83. The number of hydrogen-bond acceptors (Lipinski definition) is 2. The molecule has 0 aromatic rings. The molecule has 1 aliphatic rings. The molecule has 1 fully saturated rings. The number of aliphatic imine (C=N–C) groups is 1. The number of methoxy groups -OCH3 is 1. The first-order chi connectivity index (χ1) is 8.65. The number of rotatable bonds is 5. The predicted octanol–water partition coefficient (Wildman–Crippen LogP) is 2.63. The zero-order valence-electron chi connectivity index (χ0n) is 12.7. The van der Waals surface area contributed by atoms with E-state index >= 15 is 0 Å². The molecule has 0 saturated heterocycles. The van der Waals surface area contributed by atoms with Gasteiger partial charge in [0.05, 0.1) is 6.61 Å². The fourth-order valence-electron chi connectivity index (χ4n) is 2.49. The fraction of sp³-hybridized carbons (Fsp3) is 0.929. The van der Waals surface area contributed by atoms with E-state index in [2.05, 4.69) is 29.5 Å². The van der Waals surface area contributed by atoms with Crippen LogP contribution in [-0.4, -0.2) is 39.3 Å². The van der Waals surface area contributed by atoms with Crippen LogP contribution in [0.4, 0.5) is 0 Å². The highest BCUT2D eigenvalue weighted by Gasteiger charge is 2.18. The fourth-order valence-corrected chi connectivity index (χ4v) is 2.49. The van der Waals surface area contributed by atoms with Crippen LogP contribution in [0, 0.1) is 11.8 Å². The smallest absolute Gasteiger partial charge is 0.191 e. The second-order valence-corrected chi connectivity index (χ2v) is 5.58. The maximum absolute atomic E-state index is 5.11. The Labute approximate surface area is 135 Å². The standard InChI is InChI=1S/C14H29N3O.HI/c1-11-5-7-13(8-6-11)9-16-14(15-3)17-12(2)10-18-4;/h11-13H,5-10H2,1-4H3,(H2,15,16,17);1H. The van der Waals surface area contributed by atoms with Gasteiger partial charge in [-0.2, -0.15) is 0 Å². The molecule has 0 aromatic carbocycles. The third-order valence-corrected chi connectivity index (χ3v) is 3.72. The topological polar surface area (TPSA) is 45.7 Å². The molecule has 1 unspecified atom stereocenters. The molecule has 19 heavy (non-hydrogen) atoms. The third-order valence-electron chi connectivity index (χ3n) is 3.72. The van der Waals surface area contributed by atoms with Crippen molar-refractivity contribution in [2.75, 3.05) is 27.3 Å². The summed E-state index contributed by atoms with van der Waals surface area (Å²) in [6.07, 6.45) is 5.44. The van der Waals surface area contributed by atoms with E-state index in [1.165, 1.54) is 25.7 Å². The number of nitrogens with one attached hydrogen (secondary N) is 2. The van der Waals surface area contributed by atoms with Gasteiger partial charge >= 0.3 is 0 Å². The molecule has 114 valence electrons. The van der Waals surface area contributed by atoms with Gasteiger partial charge in [0.1, 0.15) is 0 Å². The summed E-state index contributed by atoms with van der Waals surface area (Å²) >= 11 is 0. The van der Waals surface area contributed by atoms with Gasteiger partial charge in [0, 0.05) is 26.7 Å². The molecule has 1 atom stereocenters. The molecule has 1 aliphatic carbocycles. The first-order valence-corrected chi connectivity index (χ1v) is 7.11. The van der Waals surface area contributed by atoms with Crippen LogP contribution in [0.15, 0.2) is 4.99 Å². The van der Waals surface area contributed by atoms with Crippen molar-refractivity contribution in [3.8, 4) is 0 Å². The first-order valence-electron chi connectivity index (χ1n) is 7.11. The van der Waals surface area contributed by atoms with Crippen molar-refractivity contribution in [1.82, 2.24) is 10.6 Å². The highest BCUT2D eigenvalue weighted by atomic mass is 127. The Kier molecular flexibility index (Phi) is 10.7. The van der Waals surface area contributed by atoms with Gasteiger partial charge in [0.2, 0.25) is 0 Å². The van der Waals surface area contributed by atoms with Crippen LogP contribution in [0.5, 0.6) is 0 Å². The summed E-state index contributed by atoms with van der Waals surface area (Å²) in [5.74, 6) is 2.61. The summed E-state index contributed by atoms with van der Waals surface area (Å²) in [4.78, 5) is 4.25. The van der Waals surface area contributed by atoms with Gasteiger partial charge in [-0.05, 0) is 31.6 Å². The Morgan fingerprint density at radius 2 is 1.95 bits per heavy atom. The molecule has 1 saturated carbocycles. The van der Waals surface area contributed by atoms with Crippen molar-refractivity contribution in [1.29, 1.82) is 0 Å². The molecule has 0 aromatic heterocycles. The zero-order chi connectivity index (χ0) is 13.4. The Balaban J connectivity index is 0.00000324. The first kappa shape index (κ1) is 19.0. The Morgan fingerprint density at radius 3 is 2.47 bits per heavy atom. The van der Waals surface area contributed by atoms with E-state index in [1.807, 2.05) is 7.05 Å². The molecule has 4 nitrogen and oxygen atoms in total. The highest BCUT2D eigenvalue weighted by molar-refractivity contribution is 14.0. The Morgan fingerprint density at radius 1 is 1.32 bits per heavy atom. The summed E-state index contributed by atoms with van der Waals surface area (Å²) in [5, 5.41) is 6.76. The molecule has 1 rings (SSSR count). The molecule has 2 N–H and O–H groups in total. The van der Waals surface area contributed by atoms with Gasteiger partial charge in [-0.25, -0.2) is 0 Å². The lowest BCUT2D eigenvalue weighted by Crippen LogP contribution is -2.45. The van der Waals surface area contributed by atoms with Crippen LogP contribution >= 0.6 is 24.0 Å². The van der Waals surface area contributed by atoms with E-state index in [0.29, 0.717) is 6.61 Å². The number of nitrogens with zero attached hydrogens (tertiary/aromatic N) is 1. The maximum Gasteiger partial charge on any atom is 0.191 e. The van der Waals surface area contributed by atoms with Crippen LogP contribution in [0.3, 0.4) is 0 Å². The van der Waals surface area contributed by atoms with Gasteiger partial charge in [0.15, 0.2) is 5.96 Å². The van der Waals surface area contributed by atoms with Crippen molar-refractivity contribution >= 4 is 29.9 Å². The molecule has 0 bridgehead atoms. The SMILES string of the molecule is CN=C(NCC1CCC(C)CC1)NC(C)COC.I. The lowest BCUT2D eigenvalue weighted by molar-refractivity contribution is 0.179. The maximum atomic E-state index is 5.11. The average Bonchev–Trinajstić information content (AvgIpc) is 2.36. The minimum absolute atomic E-state index is 0. The number of guanidine groups is 1. The van der Waals surface area contributed by atoms with E-state index < -0.39 is 0 Å². The third kappa shape index (κ3) is 7.97. The van der Waals surface area contributed by atoms with Gasteiger partial charge in [-0.3, -0.25) is 4.99 Å². The van der Waals surface area contributed by atoms with Gasteiger partial charge in [-0.1, -0.05) is 19.8 Å². The summed E-state index contributed by atoms with van der Waals surface area (Å²) in [6.45, 7) is 6.18. The van der Waals surface area contributed by atoms with E-state index in [1.54, 1.807) is 7.11 Å². The number of ether oxygens (including phenoxy) is 1. The zero-order valence-corrected chi connectivity index (χ0v) is 15.1. The van der Waals surface area contributed by atoms with Crippen molar-refractivity contribution in [3.05, 3.63) is 0 Å². The van der Waals surface area contributed by atoms with E-state index in [9.17, 15) is 0 Å². The summed E-state index contributed by atoms with van der Waals surface area (Å²) < 4.78 is 5.11. The van der Waals surface area contributed by atoms with Crippen LogP contribution in [0.1, 0.15) is 39.5 Å². The summed E-state index contributed by atoms with van der Waals surface area (Å²) in [6, 6.07) is 0.285. The Hall–Kier alpha value is -0.0400. The summed E-state index contributed by atoms with van der Waals surface area (Å²) in [7, 11) is 3.54. The van der Waals surface area contributed by atoms with Crippen LogP contribution in [0.25, 0.3) is 0 Å². The molecular weight excluding hydrogens is 353 g/mol. The van der Waals surface area contributed by atoms with Crippen molar-refractivity contribution in [3.63, 3.8) is 0 Å². The molecule has 0 aliphatic heterocycles. The largest absolute Gasteiger partial charge is 0.383 e. The molecule has 0 radical (unpaired) electrons. The summed E-state index contributed by atoms with van der Waals surface area (Å²) in [5.41, 5.74) is 0. The van der Waals surface area contributed by atoms with Crippen molar-refractivity contribution in [2.24, 2.45) is 16.8 Å². The van der Waals surface area contributed by atoms with Crippen LogP contribution in [0.2, 0.25) is 0 Å². The average molecular weight is 383 g/mol. The second-order valence-electron chi connectivity index (χ2n) is 5.58. The molecule has 0 spiro atoms. The van der Waals surface area contributed by atoms with Gasteiger partial charge in [-0.15, -0.1) is 24.0 Å². The normalized spacial score (nSPS) is 25.4. The van der Waals surface area contributed by atoms with Crippen molar-refractivity contribution in [2.45, 2.75) is 45.6 Å². The second kappa shape index (κ2) is 10.7. The molecular formula is C14H30IN3O. The van der Waals surface area contributed by atoms with Crippen LogP contribution in [-0.2, 0) is 4.74 Å². The van der Waals surface area contributed by atoms with Crippen LogP contribution < -0.4 is 10.6 Å². The predicted molar refractivity (Wildman–Crippen MR) is 92.4 cm³/mol. The Bertz CT molecular complexity index is 253. The lowest BCUT2D eigenvalue weighted by Gasteiger charge is -2.27. The van der Waals surface area contributed by atoms with E-state index in [0.717, 1.165) is 24.3 Å². The van der Waals surface area contributed by atoms with E-state index in [4.69, 9.17) is 4.74 Å². The van der Waals surface area contributed by atoms with Gasteiger partial charge in [0.25, 0.3) is 0 Å². The quantitative estimate of drug-likeness (QED) is 0.436. The van der Waals surface area contributed by atoms with Crippen molar-refractivity contribution < 1.29 is 4.74 Å². The molecule has 0 heterocycles. The minimum Gasteiger partial charge on any atom is -0.383 e. The molecule has 0 amide bonds. The number of hydrogen-bond donors (Lipinski definition) is 2. The number of halogens is 1. The van der Waals surface area contributed by atoms with Gasteiger partial charge < -0.3 is 15.4 Å². The monoisotopic (exact) mass is 383 g/mol.